The smallest absolute Gasteiger partial charge is 0.132 e. The summed E-state index contributed by atoms with van der Waals surface area (Å²) >= 11 is 0. The molecule has 4 aromatic heterocycles. The van der Waals surface area contributed by atoms with E-state index in [1.807, 2.05) is 42.5 Å². The Hall–Kier alpha value is -4.27. The molecule has 0 unspecified atom stereocenters. The molecule has 1 aliphatic heterocycles. The number of anilines is 2. The van der Waals surface area contributed by atoms with Crippen LogP contribution in [-0.4, -0.2) is 61.1 Å². The Morgan fingerprint density at radius 3 is 2.42 bits per heavy atom. The van der Waals surface area contributed by atoms with Crippen LogP contribution in [0.4, 0.5) is 11.6 Å². The maximum absolute atomic E-state index is 4.65. The number of aromatic nitrogens is 7. The van der Waals surface area contributed by atoms with Crippen molar-refractivity contribution in [2.75, 3.05) is 36.0 Å². The number of nitrogens with zero attached hydrogens (tertiary/aromatic N) is 8. The van der Waals surface area contributed by atoms with Crippen LogP contribution in [0.1, 0.15) is 0 Å². The highest BCUT2D eigenvalue weighted by Crippen LogP contribution is 2.31. The minimum Gasteiger partial charge on any atom is -0.353 e. The third-order valence-corrected chi connectivity index (χ3v) is 6.11. The zero-order chi connectivity index (χ0) is 22.2. The van der Waals surface area contributed by atoms with Crippen molar-refractivity contribution >= 4 is 22.5 Å². The summed E-state index contributed by atoms with van der Waals surface area (Å²) in [6.07, 6.45) is 9.15. The number of benzene rings is 1. The van der Waals surface area contributed by atoms with Crippen molar-refractivity contribution in [1.82, 2.24) is 34.9 Å². The zero-order valence-corrected chi connectivity index (χ0v) is 18.3. The van der Waals surface area contributed by atoms with Gasteiger partial charge in [0.05, 0.1) is 11.7 Å². The second kappa shape index (κ2) is 8.01. The number of nitrogens with one attached hydrogen (secondary N) is 1. The molecule has 33 heavy (non-hydrogen) atoms. The van der Waals surface area contributed by atoms with E-state index in [2.05, 4.69) is 64.3 Å². The number of H-pyrrole nitrogens is 1. The molecule has 0 saturated carbocycles. The lowest BCUT2D eigenvalue weighted by Gasteiger charge is -2.36. The number of piperazine rings is 1. The van der Waals surface area contributed by atoms with Gasteiger partial charge in [-0.15, -0.1) is 0 Å². The van der Waals surface area contributed by atoms with Gasteiger partial charge in [-0.05, 0) is 35.9 Å². The first-order chi connectivity index (χ1) is 16.2. The Balaban J connectivity index is 1.27. The summed E-state index contributed by atoms with van der Waals surface area (Å²) in [5.74, 6) is 1.94. The van der Waals surface area contributed by atoms with E-state index in [9.17, 15) is 0 Å². The van der Waals surface area contributed by atoms with Crippen LogP contribution >= 0.6 is 0 Å². The van der Waals surface area contributed by atoms with Gasteiger partial charge in [0, 0.05) is 68.3 Å². The first kappa shape index (κ1) is 19.4. The molecule has 1 saturated heterocycles. The summed E-state index contributed by atoms with van der Waals surface area (Å²) in [6, 6.07) is 12.4. The number of aryl methyl sites for hydroxylation is 1. The van der Waals surface area contributed by atoms with Gasteiger partial charge >= 0.3 is 0 Å². The predicted molar refractivity (Wildman–Crippen MR) is 128 cm³/mol. The molecule has 6 rings (SSSR count). The van der Waals surface area contributed by atoms with E-state index in [4.69, 9.17) is 0 Å². The third-order valence-electron chi connectivity index (χ3n) is 6.11. The van der Waals surface area contributed by atoms with Crippen molar-refractivity contribution in [3.8, 4) is 22.4 Å². The summed E-state index contributed by atoms with van der Waals surface area (Å²) in [7, 11) is 1.93. The minimum absolute atomic E-state index is 0.882. The average molecular weight is 438 g/mol. The van der Waals surface area contributed by atoms with Gasteiger partial charge in [0.1, 0.15) is 23.7 Å². The summed E-state index contributed by atoms with van der Waals surface area (Å²) in [4.78, 5) is 17.6. The second-order valence-corrected chi connectivity index (χ2v) is 8.18. The van der Waals surface area contributed by atoms with Crippen LogP contribution in [0, 0.1) is 0 Å². The van der Waals surface area contributed by atoms with Crippen LogP contribution < -0.4 is 9.80 Å². The van der Waals surface area contributed by atoms with Crippen molar-refractivity contribution < 1.29 is 0 Å². The van der Waals surface area contributed by atoms with Crippen LogP contribution in [0.5, 0.6) is 0 Å². The normalized spacial score (nSPS) is 14.2. The Morgan fingerprint density at radius 2 is 1.67 bits per heavy atom. The van der Waals surface area contributed by atoms with Gasteiger partial charge in [0.15, 0.2) is 0 Å². The molecule has 164 valence electrons. The molecule has 0 amide bonds. The highest BCUT2D eigenvalue weighted by Gasteiger charge is 2.20. The molecule has 0 spiro atoms. The lowest BCUT2D eigenvalue weighted by atomic mass is 10.0. The van der Waals surface area contributed by atoms with Crippen molar-refractivity contribution in [2.45, 2.75) is 0 Å². The van der Waals surface area contributed by atoms with E-state index < -0.39 is 0 Å². The molecule has 1 aromatic carbocycles. The molecule has 1 N–H and O–H groups in total. The van der Waals surface area contributed by atoms with Crippen molar-refractivity contribution in [3.63, 3.8) is 0 Å². The van der Waals surface area contributed by atoms with E-state index in [0.29, 0.717) is 0 Å². The molecule has 0 aliphatic carbocycles. The molecule has 9 nitrogen and oxygen atoms in total. The maximum Gasteiger partial charge on any atom is 0.132 e. The van der Waals surface area contributed by atoms with Crippen LogP contribution in [-0.2, 0) is 7.05 Å². The lowest BCUT2D eigenvalue weighted by Crippen LogP contribution is -2.47. The van der Waals surface area contributed by atoms with E-state index in [1.165, 1.54) is 0 Å². The van der Waals surface area contributed by atoms with Crippen LogP contribution in [0.15, 0.2) is 67.5 Å². The van der Waals surface area contributed by atoms with Crippen LogP contribution in [0.3, 0.4) is 0 Å². The Bertz CT molecular complexity index is 1400. The van der Waals surface area contributed by atoms with Gasteiger partial charge in [0.2, 0.25) is 0 Å². The predicted octanol–water partition coefficient (Wildman–Crippen LogP) is 3.14. The standard InChI is InChI=1S/C24H23N9/c1-31-15-19(14-28-31)17-2-3-21-20(12-17)24(30-29-21)18-4-7-26-23(13-18)33-10-8-32(9-11-33)22-5-6-25-16-27-22/h2-7,12-16H,8-11H2,1H3,(H,29,30). The summed E-state index contributed by atoms with van der Waals surface area (Å²) in [6.45, 7) is 3.55. The topological polar surface area (TPSA) is 91.7 Å². The summed E-state index contributed by atoms with van der Waals surface area (Å²) in [5, 5.41) is 13.2. The number of rotatable bonds is 4. The number of hydrogen-bond donors (Lipinski definition) is 1. The highest BCUT2D eigenvalue weighted by atomic mass is 15.3. The summed E-state index contributed by atoms with van der Waals surface area (Å²) in [5.41, 5.74) is 5.19. The van der Waals surface area contributed by atoms with Gasteiger partial charge in [-0.1, -0.05) is 6.07 Å². The molecule has 0 bridgehead atoms. The molecule has 9 heteroatoms. The molecule has 1 fully saturated rings. The zero-order valence-electron chi connectivity index (χ0n) is 18.3. The quantitative estimate of drug-likeness (QED) is 0.462. The fraction of sp³-hybridized carbons (Fsp3) is 0.208. The van der Waals surface area contributed by atoms with Crippen molar-refractivity contribution in [1.29, 1.82) is 0 Å². The van der Waals surface area contributed by atoms with Crippen molar-refractivity contribution in [2.24, 2.45) is 7.05 Å². The van der Waals surface area contributed by atoms with Gasteiger partial charge in [0.25, 0.3) is 0 Å². The van der Waals surface area contributed by atoms with Gasteiger partial charge in [-0.25, -0.2) is 15.0 Å². The number of aromatic amines is 1. The van der Waals surface area contributed by atoms with E-state index in [1.54, 1.807) is 12.5 Å². The number of fused-ring (bicyclic) bond motifs is 1. The molecule has 5 aromatic rings. The van der Waals surface area contributed by atoms with Crippen LogP contribution in [0.25, 0.3) is 33.3 Å². The average Bonchev–Trinajstić information content (AvgIpc) is 3.50. The largest absolute Gasteiger partial charge is 0.353 e. The van der Waals surface area contributed by atoms with Crippen LogP contribution in [0.2, 0.25) is 0 Å². The SMILES string of the molecule is Cn1cc(-c2ccc3[nH]nc(-c4ccnc(N5CCN(c6ccncn6)CC5)c4)c3c2)cn1. The molecule has 5 heterocycles. The van der Waals surface area contributed by atoms with E-state index in [-0.39, 0.29) is 0 Å². The summed E-state index contributed by atoms with van der Waals surface area (Å²) < 4.78 is 1.81. The lowest BCUT2D eigenvalue weighted by molar-refractivity contribution is 0.641. The van der Waals surface area contributed by atoms with Gasteiger partial charge in [-0.2, -0.15) is 10.2 Å². The third kappa shape index (κ3) is 3.67. The van der Waals surface area contributed by atoms with Gasteiger partial charge in [-0.3, -0.25) is 9.78 Å². The monoisotopic (exact) mass is 437 g/mol. The molecule has 0 radical (unpaired) electrons. The Kier molecular flexibility index (Phi) is 4.71. The Labute approximate surface area is 190 Å². The second-order valence-electron chi connectivity index (χ2n) is 8.18. The fourth-order valence-electron chi connectivity index (χ4n) is 4.36. The highest BCUT2D eigenvalue weighted by molar-refractivity contribution is 5.95. The Morgan fingerprint density at radius 1 is 0.818 bits per heavy atom. The van der Waals surface area contributed by atoms with Gasteiger partial charge < -0.3 is 9.80 Å². The molecule has 1 aliphatic rings. The fourth-order valence-corrected chi connectivity index (χ4v) is 4.36. The van der Waals surface area contributed by atoms with E-state index in [0.717, 1.165) is 71.1 Å². The number of hydrogen-bond acceptors (Lipinski definition) is 7. The number of pyridine rings is 1. The maximum atomic E-state index is 4.65. The molecular weight excluding hydrogens is 414 g/mol. The first-order valence-electron chi connectivity index (χ1n) is 10.9. The van der Waals surface area contributed by atoms with E-state index >= 15 is 0 Å². The molecular formula is C24H23N9. The molecule has 0 atom stereocenters. The van der Waals surface area contributed by atoms with Crippen molar-refractivity contribution in [3.05, 3.63) is 67.5 Å². The minimum atomic E-state index is 0.882. The first-order valence-corrected chi connectivity index (χ1v) is 10.9.